The van der Waals surface area contributed by atoms with Crippen LogP contribution in [0.1, 0.15) is 43.7 Å². The quantitative estimate of drug-likeness (QED) is 0.268. The lowest BCUT2D eigenvalue weighted by Gasteiger charge is -2.34. The largest absolute Gasteiger partial charge is 0.486 e. The van der Waals surface area contributed by atoms with E-state index in [1.54, 1.807) is 36.4 Å². The second-order valence-corrected chi connectivity index (χ2v) is 14.1. The first kappa shape index (κ1) is 32.9. The predicted octanol–water partition coefficient (Wildman–Crippen LogP) is 5.62. The number of carbonyl (C=O) groups is 2. The van der Waals surface area contributed by atoms with Crippen molar-refractivity contribution in [1.29, 1.82) is 0 Å². The summed E-state index contributed by atoms with van der Waals surface area (Å²) in [5.41, 5.74) is 1.56. The van der Waals surface area contributed by atoms with Gasteiger partial charge in [-0.1, -0.05) is 72.4 Å². The number of rotatable bonds is 12. The monoisotopic (exact) mass is 673 g/mol. The number of amides is 2. The highest BCUT2D eigenvalue weighted by molar-refractivity contribution is 7.92. The van der Waals surface area contributed by atoms with Gasteiger partial charge in [-0.15, -0.1) is 0 Å². The Labute approximate surface area is 274 Å². The molecule has 1 aliphatic carbocycles. The second kappa shape index (κ2) is 14.7. The number of sulfonamides is 1. The topological polar surface area (TPSA) is 105 Å². The van der Waals surface area contributed by atoms with Gasteiger partial charge in [0.15, 0.2) is 11.5 Å². The fourth-order valence-corrected chi connectivity index (χ4v) is 7.25. The van der Waals surface area contributed by atoms with Crippen LogP contribution in [-0.4, -0.2) is 62.7 Å². The smallest absolute Gasteiger partial charge is 0.244 e. The van der Waals surface area contributed by atoms with Crippen molar-refractivity contribution in [2.24, 2.45) is 0 Å². The Morgan fingerprint density at radius 2 is 1.60 bits per heavy atom. The molecule has 0 radical (unpaired) electrons. The molecule has 1 saturated carbocycles. The summed E-state index contributed by atoms with van der Waals surface area (Å²) in [6.07, 6.45) is 3.97. The van der Waals surface area contributed by atoms with Gasteiger partial charge in [0, 0.05) is 40.7 Å². The Kier molecular flexibility index (Phi) is 10.8. The van der Waals surface area contributed by atoms with Gasteiger partial charge in [-0.2, -0.15) is 0 Å². The highest BCUT2D eigenvalue weighted by atomic mass is 35.5. The molecule has 9 nitrogen and oxygen atoms in total. The zero-order valence-corrected chi connectivity index (χ0v) is 27.4. The van der Waals surface area contributed by atoms with Crippen molar-refractivity contribution in [3.8, 4) is 11.5 Å². The molecule has 5 rings (SSSR count). The molecular formula is C33H37Cl2N3O6S. The Hall–Kier alpha value is -3.47. The molecule has 1 heterocycles. The molecule has 45 heavy (non-hydrogen) atoms. The van der Waals surface area contributed by atoms with E-state index in [1.165, 1.54) is 11.8 Å². The normalized spacial score (nSPS) is 15.4. The lowest BCUT2D eigenvalue weighted by Crippen LogP contribution is -2.54. The van der Waals surface area contributed by atoms with Gasteiger partial charge in [0.2, 0.25) is 21.8 Å². The van der Waals surface area contributed by atoms with Crippen LogP contribution in [0.5, 0.6) is 11.5 Å². The van der Waals surface area contributed by atoms with Crippen molar-refractivity contribution in [3.05, 3.63) is 87.9 Å². The van der Waals surface area contributed by atoms with E-state index in [4.69, 9.17) is 32.7 Å². The lowest BCUT2D eigenvalue weighted by atomic mass is 10.0. The summed E-state index contributed by atoms with van der Waals surface area (Å²) in [6, 6.07) is 18.2. The summed E-state index contributed by atoms with van der Waals surface area (Å²) in [4.78, 5) is 29.9. The maximum Gasteiger partial charge on any atom is 0.244 e. The van der Waals surface area contributed by atoms with Gasteiger partial charge in [-0.25, -0.2) is 8.42 Å². The van der Waals surface area contributed by atoms with Crippen molar-refractivity contribution >= 4 is 50.7 Å². The summed E-state index contributed by atoms with van der Waals surface area (Å²) in [6.45, 7) is 1.56. The molecule has 12 heteroatoms. The highest BCUT2D eigenvalue weighted by Gasteiger charge is 2.35. The van der Waals surface area contributed by atoms with Crippen molar-refractivity contribution in [1.82, 2.24) is 10.2 Å². The molecule has 0 aromatic heterocycles. The molecule has 0 bridgehead atoms. The number of hydrogen-bond acceptors (Lipinski definition) is 6. The Balaban J connectivity index is 1.55. The molecule has 3 aromatic rings. The standard InChI is InChI=1S/C33H37Cl2N3O6S/c1-2-45(41,42)38(25-15-16-30-31(20-25)44-18-17-43-30)22-32(39)37(21-26-27(34)13-8-14-28(26)35)29(19-23-9-4-3-5-10-23)33(40)36-24-11-6-7-12-24/h3-5,8-10,13-16,20,24,29H,2,6-7,11-12,17-19,21-22H2,1H3,(H,36,40)/t29-/m1/s1. The van der Waals surface area contributed by atoms with E-state index in [0.29, 0.717) is 40.3 Å². The second-order valence-electron chi connectivity index (χ2n) is 11.2. The van der Waals surface area contributed by atoms with E-state index in [0.717, 1.165) is 35.6 Å². The minimum absolute atomic E-state index is 0.00584. The molecule has 240 valence electrons. The van der Waals surface area contributed by atoms with Gasteiger partial charge < -0.3 is 19.7 Å². The van der Waals surface area contributed by atoms with Crippen molar-refractivity contribution < 1.29 is 27.5 Å². The SMILES string of the molecule is CCS(=O)(=O)N(CC(=O)N(Cc1c(Cl)cccc1Cl)[C@H](Cc1ccccc1)C(=O)NC1CCCC1)c1ccc2c(c1)OCCO2. The number of nitrogens with one attached hydrogen (secondary N) is 1. The number of fused-ring (bicyclic) bond motifs is 1. The van der Waals surface area contributed by atoms with Gasteiger partial charge in [0.05, 0.1) is 11.4 Å². The van der Waals surface area contributed by atoms with E-state index >= 15 is 0 Å². The van der Waals surface area contributed by atoms with Crippen LogP contribution in [0.4, 0.5) is 5.69 Å². The van der Waals surface area contributed by atoms with E-state index in [9.17, 15) is 18.0 Å². The fourth-order valence-electron chi connectivity index (χ4n) is 5.68. The number of halogens is 2. The molecule has 1 atom stereocenters. The summed E-state index contributed by atoms with van der Waals surface area (Å²) >= 11 is 13.1. The Morgan fingerprint density at radius 1 is 0.933 bits per heavy atom. The summed E-state index contributed by atoms with van der Waals surface area (Å²) < 4.78 is 39.3. The van der Waals surface area contributed by atoms with Crippen LogP contribution in [0.25, 0.3) is 0 Å². The first-order chi connectivity index (χ1) is 21.7. The number of nitrogens with zero attached hydrogens (tertiary/aromatic N) is 2. The molecule has 1 fully saturated rings. The Morgan fingerprint density at radius 3 is 2.27 bits per heavy atom. The van der Waals surface area contributed by atoms with Crippen LogP contribution >= 0.6 is 23.2 Å². The van der Waals surface area contributed by atoms with E-state index in [-0.39, 0.29) is 36.4 Å². The number of hydrogen-bond donors (Lipinski definition) is 1. The number of anilines is 1. The first-order valence-corrected chi connectivity index (χ1v) is 17.5. The van der Waals surface area contributed by atoms with Crippen molar-refractivity contribution in [2.75, 3.05) is 29.8 Å². The van der Waals surface area contributed by atoms with E-state index < -0.39 is 28.5 Å². The third-order valence-corrected chi connectivity index (χ3v) is 10.6. The van der Waals surface area contributed by atoms with Crippen molar-refractivity contribution in [3.63, 3.8) is 0 Å². The number of ether oxygens (including phenoxy) is 2. The van der Waals surface area contributed by atoms with Crippen LogP contribution in [-0.2, 0) is 32.6 Å². The average molecular weight is 675 g/mol. The molecule has 2 aliphatic rings. The molecule has 0 saturated heterocycles. The van der Waals surface area contributed by atoms with Gasteiger partial charge >= 0.3 is 0 Å². The van der Waals surface area contributed by atoms with Crippen LogP contribution < -0.4 is 19.1 Å². The third-order valence-electron chi connectivity index (χ3n) is 8.16. The maximum absolute atomic E-state index is 14.5. The molecule has 1 aliphatic heterocycles. The average Bonchev–Trinajstić information content (AvgIpc) is 3.56. The van der Waals surface area contributed by atoms with Crippen LogP contribution in [0.2, 0.25) is 10.0 Å². The van der Waals surface area contributed by atoms with Gasteiger partial charge in [0.1, 0.15) is 25.8 Å². The van der Waals surface area contributed by atoms with Crippen molar-refractivity contribution in [2.45, 2.75) is 57.7 Å². The van der Waals surface area contributed by atoms with E-state index in [1.807, 2.05) is 30.3 Å². The molecule has 3 aromatic carbocycles. The molecule has 2 amide bonds. The number of benzene rings is 3. The van der Waals surface area contributed by atoms with Gasteiger partial charge in [-0.05, 0) is 49.6 Å². The van der Waals surface area contributed by atoms with Crippen LogP contribution in [0.3, 0.4) is 0 Å². The third kappa shape index (κ3) is 8.04. The molecular weight excluding hydrogens is 637 g/mol. The van der Waals surface area contributed by atoms with Crippen LogP contribution in [0.15, 0.2) is 66.7 Å². The zero-order chi connectivity index (χ0) is 32.0. The Bertz CT molecular complexity index is 1600. The molecule has 0 unspecified atom stereocenters. The van der Waals surface area contributed by atoms with Crippen LogP contribution in [0, 0.1) is 0 Å². The van der Waals surface area contributed by atoms with Gasteiger partial charge in [0.25, 0.3) is 0 Å². The van der Waals surface area contributed by atoms with E-state index in [2.05, 4.69) is 5.32 Å². The molecule has 0 spiro atoms. The maximum atomic E-state index is 14.5. The zero-order valence-electron chi connectivity index (χ0n) is 25.1. The summed E-state index contributed by atoms with van der Waals surface area (Å²) in [5.74, 6) is -0.264. The highest BCUT2D eigenvalue weighted by Crippen LogP contribution is 2.35. The van der Waals surface area contributed by atoms with Gasteiger partial charge in [-0.3, -0.25) is 13.9 Å². The summed E-state index contributed by atoms with van der Waals surface area (Å²) in [7, 11) is -3.94. The first-order valence-electron chi connectivity index (χ1n) is 15.1. The fraction of sp³-hybridized carbons (Fsp3) is 0.394. The minimum Gasteiger partial charge on any atom is -0.486 e. The summed E-state index contributed by atoms with van der Waals surface area (Å²) in [5, 5.41) is 3.82. The number of carbonyl (C=O) groups excluding carboxylic acids is 2. The lowest BCUT2D eigenvalue weighted by molar-refractivity contribution is -0.140. The molecule has 1 N–H and O–H groups in total. The minimum atomic E-state index is -3.94. The predicted molar refractivity (Wildman–Crippen MR) is 176 cm³/mol.